The van der Waals surface area contributed by atoms with Gasteiger partial charge >= 0.3 is 5.97 Å². The highest BCUT2D eigenvalue weighted by molar-refractivity contribution is 5.76. The maximum absolute atomic E-state index is 12.3. The molecule has 0 aliphatic carbocycles. The van der Waals surface area contributed by atoms with Gasteiger partial charge in [0, 0.05) is 0 Å². The highest BCUT2D eigenvalue weighted by Crippen LogP contribution is 2.38. The van der Waals surface area contributed by atoms with E-state index in [4.69, 9.17) is 23.7 Å². The van der Waals surface area contributed by atoms with Crippen LogP contribution >= 0.6 is 0 Å². The van der Waals surface area contributed by atoms with Crippen molar-refractivity contribution in [1.29, 1.82) is 0 Å². The van der Waals surface area contributed by atoms with Gasteiger partial charge in [-0.3, -0.25) is 4.79 Å². The van der Waals surface area contributed by atoms with Gasteiger partial charge in [0.15, 0.2) is 11.5 Å². The van der Waals surface area contributed by atoms with Crippen LogP contribution in [0, 0.1) is 0 Å². The van der Waals surface area contributed by atoms with Crippen molar-refractivity contribution in [3.05, 3.63) is 72.3 Å². The van der Waals surface area contributed by atoms with E-state index in [0.717, 1.165) is 5.75 Å². The van der Waals surface area contributed by atoms with Gasteiger partial charge in [-0.25, -0.2) is 0 Å². The summed E-state index contributed by atoms with van der Waals surface area (Å²) >= 11 is 0. The SMILES string of the molecule is COc1cc(CC(=O)Oc2ccc(Oc3ccccc3)cc2)cc(OC)c1OC. The number of benzene rings is 3. The fourth-order valence-corrected chi connectivity index (χ4v) is 2.77. The third-order valence-electron chi connectivity index (χ3n) is 4.11. The first-order valence-corrected chi connectivity index (χ1v) is 8.95. The molecular weight excluding hydrogens is 372 g/mol. The molecule has 0 saturated heterocycles. The Kier molecular flexibility index (Phi) is 6.58. The molecule has 3 rings (SSSR count). The van der Waals surface area contributed by atoms with Crippen LogP contribution in [0.5, 0.6) is 34.5 Å². The first kappa shape index (κ1) is 20.1. The summed E-state index contributed by atoms with van der Waals surface area (Å²) in [6.07, 6.45) is 0.0545. The number of carbonyl (C=O) groups excluding carboxylic acids is 1. The molecule has 0 saturated carbocycles. The zero-order valence-electron chi connectivity index (χ0n) is 16.5. The molecule has 150 valence electrons. The van der Waals surface area contributed by atoms with Crippen molar-refractivity contribution in [3.8, 4) is 34.5 Å². The molecule has 0 radical (unpaired) electrons. The van der Waals surface area contributed by atoms with E-state index in [2.05, 4.69) is 0 Å². The van der Waals surface area contributed by atoms with Crippen LogP contribution in [0.2, 0.25) is 0 Å². The van der Waals surface area contributed by atoms with E-state index in [1.807, 2.05) is 30.3 Å². The Bertz CT molecular complexity index is 926. The Morgan fingerprint density at radius 2 is 1.28 bits per heavy atom. The predicted octanol–water partition coefficient (Wildman–Crippen LogP) is 4.65. The molecule has 0 fully saturated rings. The Morgan fingerprint density at radius 1 is 0.724 bits per heavy atom. The maximum atomic E-state index is 12.3. The zero-order chi connectivity index (χ0) is 20.6. The Hall–Kier alpha value is -3.67. The van der Waals surface area contributed by atoms with Gasteiger partial charge in [0.1, 0.15) is 17.2 Å². The molecule has 0 atom stereocenters. The van der Waals surface area contributed by atoms with E-state index in [9.17, 15) is 4.79 Å². The van der Waals surface area contributed by atoms with Crippen LogP contribution < -0.4 is 23.7 Å². The van der Waals surface area contributed by atoms with Gasteiger partial charge in [-0.05, 0) is 54.1 Å². The summed E-state index contributed by atoms with van der Waals surface area (Å²) < 4.78 is 27.1. The van der Waals surface area contributed by atoms with Crippen molar-refractivity contribution >= 4 is 5.97 Å². The van der Waals surface area contributed by atoms with Crippen molar-refractivity contribution in [2.45, 2.75) is 6.42 Å². The van der Waals surface area contributed by atoms with Crippen LogP contribution in [0.4, 0.5) is 0 Å². The summed E-state index contributed by atoms with van der Waals surface area (Å²) in [6.45, 7) is 0. The van der Waals surface area contributed by atoms with Crippen molar-refractivity contribution in [1.82, 2.24) is 0 Å². The van der Waals surface area contributed by atoms with E-state index >= 15 is 0 Å². The number of methoxy groups -OCH3 is 3. The average molecular weight is 394 g/mol. The number of para-hydroxylation sites is 1. The van der Waals surface area contributed by atoms with Crippen molar-refractivity contribution in [2.75, 3.05) is 21.3 Å². The van der Waals surface area contributed by atoms with Gasteiger partial charge in [-0.15, -0.1) is 0 Å². The van der Waals surface area contributed by atoms with Crippen LogP contribution in [0.1, 0.15) is 5.56 Å². The monoisotopic (exact) mass is 394 g/mol. The third kappa shape index (κ3) is 5.19. The molecular formula is C23H22O6. The minimum absolute atomic E-state index is 0.0545. The van der Waals surface area contributed by atoms with Crippen LogP contribution in [-0.4, -0.2) is 27.3 Å². The third-order valence-corrected chi connectivity index (χ3v) is 4.11. The van der Waals surface area contributed by atoms with Crippen LogP contribution in [0.25, 0.3) is 0 Å². The van der Waals surface area contributed by atoms with E-state index in [0.29, 0.717) is 34.3 Å². The van der Waals surface area contributed by atoms with Crippen molar-refractivity contribution in [3.63, 3.8) is 0 Å². The molecule has 3 aromatic carbocycles. The fourth-order valence-electron chi connectivity index (χ4n) is 2.77. The van der Waals surface area contributed by atoms with E-state index < -0.39 is 5.97 Å². The molecule has 0 heterocycles. The number of hydrogen-bond acceptors (Lipinski definition) is 6. The molecule has 0 amide bonds. The lowest BCUT2D eigenvalue weighted by Gasteiger charge is -2.14. The fraction of sp³-hybridized carbons (Fsp3) is 0.174. The largest absolute Gasteiger partial charge is 0.493 e. The molecule has 6 nitrogen and oxygen atoms in total. The zero-order valence-corrected chi connectivity index (χ0v) is 16.5. The van der Waals surface area contributed by atoms with Gasteiger partial charge in [0.25, 0.3) is 0 Å². The summed E-state index contributed by atoms with van der Waals surface area (Å²) in [5.74, 6) is 2.86. The lowest BCUT2D eigenvalue weighted by Crippen LogP contribution is -2.11. The van der Waals surface area contributed by atoms with Crippen LogP contribution in [0.15, 0.2) is 66.7 Å². The first-order valence-electron chi connectivity index (χ1n) is 8.95. The maximum Gasteiger partial charge on any atom is 0.315 e. The molecule has 0 unspecified atom stereocenters. The van der Waals surface area contributed by atoms with Gasteiger partial charge in [0.05, 0.1) is 27.8 Å². The average Bonchev–Trinajstić information content (AvgIpc) is 2.75. The standard InChI is InChI=1S/C23H22O6/c1-25-20-13-16(14-21(26-2)23(20)27-3)15-22(24)29-19-11-9-18(10-12-19)28-17-7-5-4-6-8-17/h4-14H,15H2,1-3H3. The summed E-state index contributed by atoms with van der Waals surface area (Å²) in [6, 6.07) is 19.8. The number of ether oxygens (including phenoxy) is 5. The molecule has 29 heavy (non-hydrogen) atoms. The molecule has 0 aliphatic heterocycles. The summed E-state index contributed by atoms with van der Waals surface area (Å²) in [5.41, 5.74) is 0.688. The molecule has 6 heteroatoms. The highest BCUT2D eigenvalue weighted by Gasteiger charge is 2.16. The smallest absolute Gasteiger partial charge is 0.315 e. The minimum Gasteiger partial charge on any atom is -0.493 e. The second-order valence-electron chi connectivity index (χ2n) is 6.07. The normalized spacial score (nSPS) is 10.2. The van der Waals surface area contributed by atoms with E-state index in [1.54, 1.807) is 36.4 Å². The van der Waals surface area contributed by atoms with Crippen molar-refractivity contribution in [2.24, 2.45) is 0 Å². The Labute approximate surface area is 169 Å². The van der Waals surface area contributed by atoms with Crippen molar-refractivity contribution < 1.29 is 28.5 Å². The number of esters is 1. The summed E-state index contributed by atoms with van der Waals surface area (Å²) in [5, 5.41) is 0. The van der Waals surface area contributed by atoms with Crippen LogP contribution in [-0.2, 0) is 11.2 Å². The topological polar surface area (TPSA) is 63.2 Å². The molecule has 0 spiro atoms. The molecule has 0 aromatic heterocycles. The molecule has 0 bridgehead atoms. The van der Waals surface area contributed by atoms with E-state index in [1.165, 1.54) is 21.3 Å². The summed E-state index contributed by atoms with van der Waals surface area (Å²) in [4.78, 5) is 12.3. The Morgan fingerprint density at radius 3 is 1.83 bits per heavy atom. The lowest BCUT2D eigenvalue weighted by atomic mass is 10.1. The minimum atomic E-state index is -0.406. The van der Waals surface area contributed by atoms with Crippen LogP contribution in [0.3, 0.4) is 0 Å². The summed E-state index contributed by atoms with van der Waals surface area (Å²) in [7, 11) is 4.58. The highest BCUT2D eigenvalue weighted by atomic mass is 16.5. The van der Waals surface area contributed by atoms with Gasteiger partial charge in [-0.2, -0.15) is 0 Å². The number of rotatable bonds is 8. The molecule has 0 aliphatic rings. The Balaban J connectivity index is 1.65. The quantitative estimate of drug-likeness (QED) is 0.409. The number of carbonyl (C=O) groups is 1. The predicted molar refractivity (Wildman–Crippen MR) is 108 cm³/mol. The molecule has 3 aromatic rings. The molecule has 0 N–H and O–H groups in total. The first-order chi connectivity index (χ1) is 14.1. The van der Waals surface area contributed by atoms with E-state index in [-0.39, 0.29) is 6.42 Å². The second kappa shape index (κ2) is 9.50. The second-order valence-corrected chi connectivity index (χ2v) is 6.07. The lowest BCUT2D eigenvalue weighted by molar-refractivity contribution is -0.133. The van der Waals surface area contributed by atoms with Gasteiger partial charge in [0.2, 0.25) is 5.75 Å². The number of hydrogen-bond donors (Lipinski definition) is 0. The van der Waals surface area contributed by atoms with Gasteiger partial charge in [-0.1, -0.05) is 18.2 Å². The van der Waals surface area contributed by atoms with Gasteiger partial charge < -0.3 is 23.7 Å².